The van der Waals surface area contributed by atoms with Gasteiger partial charge in [0.15, 0.2) is 0 Å². The molecule has 1 unspecified atom stereocenters. The molecular formula is C23H28ClNO2. The van der Waals surface area contributed by atoms with E-state index in [1.54, 1.807) is 7.11 Å². The molecule has 1 fully saturated rings. The first kappa shape index (κ1) is 19.9. The predicted octanol–water partition coefficient (Wildman–Crippen LogP) is 4.68. The summed E-state index contributed by atoms with van der Waals surface area (Å²) in [7, 11) is 1.68. The second kappa shape index (κ2) is 9.41. The van der Waals surface area contributed by atoms with Gasteiger partial charge < -0.3 is 9.84 Å². The second-order valence-corrected chi connectivity index (χ2v) is 7.92. The summed E-state index contributed by atoms with van der Waals surface area (Å²) < 4.78 is 5.20. The maximum absolute atomic E-state index is 10.2. The molecule has 27 heavy (non-hydrogen) atoms. The molecule has 1 saturated heterocycles. The quantitative estimate of drug-likeness (QED) is 0.751. The van der Waals surface area contributed by atoms with E-state index in [9.17, 15) is 5.11 Å². The molecule has 1 aliphatic heterocycles. The van der Waals surface area contributed by atoms with Crippen molar-refractivity contribution in [2.75, 3.05) is 33.4 Å². The lowest BCUT2D eigenvalue weighted by Gasteiger charge is -2.41. The highest BCUT2D eigenvalue weighted by Crippen LogP contribution is 2.34. The highest BCUT2D eigenvalue weighted by atomic mass is 35.5. The molecule has 0 aliphatic carbocycles. The van der Waals surface area contributed by atoms with Crippen molar-refractivity contribution in [3.63, 3.8) is 0 Å². The van der Waals surface area contributed by atoms with Gasteiger partial charge in [0.1, 0.15) is 5.75 Å². The van der Waals surface area contributed by atoms with Crippen LogP contribution in [0.5, 0.6) is 5.75 Å². The summed E-state index contributed by atoms with van der Waals surface area (Å²) in [6.45, 7) is 3.08. The molecule has 0 saturated carbocycles. The average molecular weight is 386 g/mol. The fourth-order valence-electron chi connectivity index (χ4n) is 3.93. The minimum absolute atomic E-state index is 0.0864. The lowest BCUT2D eigenvalue weighted by atomic mass is 9.76. The predicted molar refractivity (Wildman–Crippen MR) is 112 cm³/mol. The van der Waals surface area contributed by atoms with Crippen molar-refractivity contribution in [1.82, 2.24) is 4.90 Å². The van der Waals surface area contributed by atoms with Crippen molar-refractivity contribution in [2.45, 2.75) is 19.3 Å². The number of rotatable bonds is 7. The average Bonchev–Trinajstić information content (AvgIpc) is 2.69. The smallest absolute Gasteiger partial charge is 0.118 e. The van der Waals surface area contributed by atoms with Gasteiger partial charge in [-0.05, 0) is 61.2 Å². The van der Waals surface area contributed by atoms with Crippen molar-refractivity contribution in [2.24, 2.45) is 5.41 Å². The molecule has 0 bridgehead atoms. The Morgan fingerprint density at radius 1 is 1.22 bits per heavy atom. The van der Waals surface area contributed by atoms with Crippen LogP contribution in [0.15, 0.2) is 54.6 Å². The van der Waals surface area contributed by atoms with Crippen LogP contribution in [-0.2, 0) is 6.42 Å². The number of methoxy groups -OCH3 is 1. The number of aliphatic hydroxyl groups is 1. The van der Waals surface area contributed by atoms with Crippen molar-refractivity contribution >= 4 is 17.7 Å². The lowest BCUT2D eigenvalue weighted by Crippen LogP contribution is -2.46. The molecule has 1 aliphatic rings. The van der Waals surface area contributed by atoms with Crippen LogP contribution in [0, 0.1) is 5.41 Å². The van der Waals surface area contributed by atoms with E-state index < -0.39 is 0 Å². The van der Waals surface area contributed by atoms with Gasteiger partial charge in [-0.15, -0.1) is 0 Å². The Labute approximate surface area is 167 Å². The Hall–Kier alpha value is -1.81. The van der Waals surface area contributed by atoms with E-state index in [1.807, 2.05) is 30.3 Å². The molecule has 1 atom stereocenters. The number of likely N-dealkylation sites (tertiary alicyclic amines) is 1. The second-order valence-electron chi connectivity index (χ2n) is 7.48. The minimum atomic E-state index is -0.0864. The van der Waals surface area contributed by atoms with Crippen LogP contribution in [0.3, 0.4) is 0 Å². The fraction of sp³-hybridized carbons (Fsp3) is 0.391. The van der Waals surface area contributed by atoms with E-state index in [0.29, 0.717) is 0 Å². The molecular weight excluding hydrogens is 358 g/mol. The molecule has 0 spiro atoms. The Kier molecular flexibility index (Phi) is 6.95. The Morgan fingerprint density at radius 3 is 2.74 bits per heavy atom. The third-order valence-corrected chi connectivity index (χ3v) is 5.57. The summed E-state index contributed by atoms with van der Waals surface area (Å²) in [6, 6.07) is 16.1. The monoisotopic (exact) mass is 385 g/mol. The van der Waals surface area contributed by atoms with E-state index >= 15 is 0 Å². The Bertz CT molecular complexity index is 759. The van der Waals surface area contributed by atoms with Crippen LogP contribution in [-0.4, -0.2) is 43.4 Å². The van der Waals surface area contributed by atoms with Crippen LogP contribution >= 0.6 is 11.6 Å². The molecule has 1 N–H and O–H groups in total. The third-order valence-electron chi connectivity index (χ3n) is 5.33. The SMILES string of the molecule is COc1ccc(C=CCN2CCCC(CO)(Cc3cccc(Cl)c3)C2)cc1. The third kappa shape index (κ3) is 5.58. The maximum Gasteiger partial charge on any atom is 0.118 e. The normalized spacial score (nSPS) is 20.9. The van der Waals surface area contributed by atoms with Gasteiger partial charge in [0, 0.05) is 23.5 Å². The zero-order chi connectivity index (χ0) is 19.1. The zero-order valence-electron chi connectivity index (χ0n) is 15.9. The van der Waals surface area contributed by atoms with Gasteiger partial charge in [-0.2, -0.15) is 0 Å². The first-order chi connectivity index (χ1) is 13.1. The molecule has 3 nitrogen and oxygen atoms in total. The maximum atomic E-state index is 10.2. The topological polar surface area (TPSA) is 32.7 Å². The molecule has 1 heterocycles. The molecule has 0 radical (unpaired) electrons. The van der Waals surface area contributed by atoms with E-state index in [1.165, 1.54) is 11.1 Å². The highest BCUT2D eigenvalue weighted by Gasteiger charge is 2.34. The van der Waals surface area contributed by atoms with Crippen LogP contribution in [0.2, 0.25) is 5.02 Å². The van der Waals surface area contributed by atoms with Gasteiger partial charge in [-0.3, -0.25) is 4.90 Å². The Morgan fingerprint density at radius 2 is 2.04 bits per heavy atom. The number of hydrogen-bond acceptors (Lipinski definition) is 3. The van der Waals surface area contributed by atoms with Gasteiger partial charge in [-0.25, -0.2) is 0 Å². The van der Waals surface area contributed by atoms with E-state index in [2.05, 4.69) is 35.3 Å². The largest absolute Gasteiger partial charge is 0.497 e. The van der Waals surface area contributed by atoms with Gasteiger partial charge >= 0.3 is 0 Å². The van der Waals surface area contributed by atoms with Crippen LogP contribution in [0.4, 0.5) is 0 Å². The number of piperidine rings is 1. The highest BCUT2D eigenvalue weighted by molar-refractivity contribution is 6.30. The summed E-state index contributed by atoms with van der Waals surface area (Å²) in [5, 5.41) is 10.9. The van der Waals surface area contributed by atoms with Crippen LogP contribution < -0.4 is 4.74 Å². The summed E-state index contributed by atoms with van der Waals surface area (Å²) in [4.78, 5) is 2.43. The molecule has 2 aromatic rings. The summed E-state index contributed by atoms with van der Waals surface area (Å²) in [6.07, 6.45) is 7.37. The molecule has 2 aromatic carbocycles. The standard InChI is InChI=1S/C23H28ClNO2/c1-27-22-10-8-19(9-11-22)6-3-13-25-14-4-12-23(17-25,18-26)16-20-5-2-7-21(24)15-20/h2-3,5-11,15,26H,4,12-14,16-18H2,1H3. The number of hydrogen-bond donors (Lipinski definition) is 1. The van der Waals surface area contributed by atoms with Crippen LogP contribution in [0.25, 0.3) is 6.08 Å². The molecule has 144 valence electrons. The van der Waals surface area contributed by atoms with Crippen molar-refractivity contribution in [1.29, 1.82) is 0 Å². The number of aliphatic hydroxyl groups excluding tert-OH is 1. The molecule has 0 amide bonds. The molecule has 4 heteroatoms. The molecule has 3 rings (SSSR count). The summed E-state index contributed by atoms with van der Waals surface area (Å²) in [5.41, 5.74) is 2.28. The fourth-order valence-corrected chi connectivity index (χ4v) is 4.14. The molecule has 0 aromatic heterocycles. The van der Waals surface area contributed by atoms with Gasteiger partial charge in [-0.1, -0.05) is 48.0 Å². The number of nitrogens with zero attached hydrogens (tertiary/aromatic N) is 1. The summed E-state index contributed by atoms with van der Waals surface area (Å²) >= 11 is 6.14. The number of benzene rings is 2. The van der Waals surface area contributed by atoms with Crippen molar-refractivity contribution in [3.8, 4) is 5.75 Å². The van der Waals surface area contributed by atoms with Crippen molar-refractivity contribution in [3.05, 3.63) is 70.8 Å². The number of halogens is 1. The first-order valence-corrected chi connectivity index (χ1v) is 9.88. The lowest BCUT2D eigenvalue weighted by molar-refractivity contribution is 0.0376. The van der Waals surface area contributed by atoms with E-state index in [4.69, 9.17) is 16.3 Å². The Balaban J connectivity index is 1.60. The van der Waals surface area contributed by atoms with Gasteiger partial charge in [0.2, 0.25) is 0 Å². The summed E-state index contributed by atoms with van der Waals surface area (Å²) in [5.74, 6) is 0.872. The number of ether oxygens (including phenoxy) is 1. The van der Waals surface area contributed by atoms with E-state index in [-0.39, 0.29) is 12.0 Å². The van der Waals surface area contributed by atoms with E-state index in [0.717, 1.165) is 49.7 Å². The minimum Gasteiger partial charge on any atom is -0.497 e. The van der Waals surface area contributed by atoms with Gasteiger partial charge in [0.05, 0.1) is 13.7 Å². The van der Waals surface area contributed by atoms with Crippen molar-refractivity contribution < 1.29 is 9.84 Å². The van der Waals surface area contributed by atoms with Crippen LogP contribution in [0.1, 0.15) is 24.0 Å². The first-order valence-electron chi connectivity index (χ1n) is 9.51. The zero-order valence-corrected chi connectivity index (χ0v) is 16.7. The van der Waals surface area contributed by atoms with Gasteiger partial charge in [0.25, 0.3) is 0 Å².